The number of likely N-dealkylation sites (N-methyl/N-ethyl adjacent to an activating group) is 1. The van der Waals surface area contributed by atoms with Crippen LogP contribution in [0, 0.1) is 29.6 Å². The Balaban J connectivity index is 1.61. The number of nitrogens with zero attached hydrogens (tertiary/aromatic N) is 2. The molecule has 0 bridgehead atoms. The molecule has 9 nitrogen and oxygen atoms in total. The van der Waals surface area contributed by atoms with Gasteiger partial charge in [-0.1, -0.05) is 17.7 Å². The SMILES string of the molecule is CN(C)C1C(=O)C(C(N)=O)C(=O)C2C(=O)C3C(=O)c4c(O)cc(-c5cccnc5)c(Cl)c4CC3CC21. The van der Waals surface area contributed by atoms with Gasteiger partial charge in [-0.15, -0.1) is 0 Å². The minimum atomic E-state index is -1.73. The summed E-state index contributed by atoms with van der Waals surface area (Å²) in [6.07, 6.45) is 3.63. The van der Waals surface area contributed by atoms with Crippen molar-refractivity contribution in [1.29, 1.82) is 0 Å². The summed E-state index contributed by atoms with van der Waals surface area (Å²) < 4.78 is 0. The van der Waals surface area contributed by atoms with E-state index in [1.54, 1.807) is 43.5 Å². The Bertz CT molecular complexity index is 1340. The molecule has 1 heterocycles. The van der Waals surface area contributed by atoms with Gasteiger partial charge in [0.05, 0.1) is 28.5 Å². The topological polar surface area (TPSA) is 148 Å². The number of fused-ring (bicyclic) bond motifs is 3. The first-order chi connectivity index (χ1) is 17.0. The molecule has 36 heavy (non-hydrogen) atoms. The fourth-order valence-corrected chi connectivity index (χ4v) is 6.74. The number of ketones is 4. The number of amides is 1. The summed E-state index contributed by atoms with van der Waals surface area (Å²) in [5.41, 5.74) is 6.93. The van der Waals surface area contributed by atoms with Crippen molar-refractivity contribution in [2.45, 2.75) is 18.9 Å². The number of primary amides is 1. The number of nitrogens with two attached hydrogens (primary N) is 1. The first-order valence-corrected chi connectivity index (χ1v) is 12.0. The van der Waals surface area contributed by atoms with Gasteiger partial charge in [0, 0.05) is 23.5 Å². The van der Waals surface area contributed by atoms with Crippen LogP contribution in [-0.4, -0.2) is 64.2 Å². The lowest BCUT2D eigenvalue weighted by Gasteiger charge is -2.48. The quantitative estimate of drug-likeness (QED) is 0.591. The van der Waals surface area contributed by atoms with Crippen LogP contribution in [-0.2, 0) is 25.6 Å². The van der Waals surface area contributed by atoms with E-state index in [1.807, 2.05) is 0 Å². The molecule has 5 rings (SSSR count). The lowest BCUT2D eigenvalue weighted by Crippen LogP contribution is -2.64. The number of carbonyl (C=O) groups excluding carboxylic acids is 5. The summed E-state index contributed by atoms with van der Waals surface area (Å²) in [6.45, 7) is 0. The van der Waals surface area contributed by atoms with Crippen molar-refractivity contribution in [3.8, 4) is 16.9 Å². The zero-order valence-corrected chi connectivity index (χ0v) is 20.4. The van der Waals surface area contributed by atoms with E-state index in [9.17, 15) is 29.1 Å². The van der Waals surface area contributed by atoms with E-state index in [-0.39, 0.29) is 29.2 Å². The number of hydrogen-bond acceptors (Lipinski definition) is 8. The number of benzene rings is 1. The number of phenols is 1. The van der Waals surface area contributed by atoms with Gasteiger partial charge in [0.15, 0.2) is 29.1 Å². The van der Waals surface area contributed by atoms with Gasteiger partial charge in [0.2, 0.25) is 5.91 Å². The Hall–Kier alpha value is -3.43. The van der Waals surface area contributed by atoms with Crippen LogP contribution in [0.2, 0.25) is 5.02 Å². The highest BCUT2D eigenvalue weighted by molar-refractivity contribution is 6.35. The molecule has 1 amide bonds. The summed E-state index contributed by atoms with van der Waals surface area (Å²) >= 11 is 6.74. The van der Waals surface area contributed by atoms with Crippen molar-refractivity contribution in [1.82, 2.24) is 9.88 Å². The average Bonchev–Trinajstić information content (AvgIpc) is 2.80. The van der Waals surface area contributed by atoms with Crippen molar-refractivity contribution in [2.75, 3.05) is 14.1 Å². The van der Waals surface area contributed by atoms with E-state index in [2.05, 4.69) is 4.98 Å². The number of halogens is 1. The molecule has 2 fully saturated rings. The summed E-state index contributed by atoms with van der Waals surface area (Å²) in [5, 5.41) is 11.1. The maximum atomic E-state index is 13.7. The van der Waals surface area contributed by atoms with Crippen LogP contribution >= 0.6 is 11.6 Å². The number of hydrogen-bond donors (Lipinski definition) is 2. The van der Waals surface area contributed by atoms with Crippen LogP contribution in [0.1, 0.15) is 22.3 Å². The molecule has 6 atom stereocenters. The lowest BCUT2D eigenvalue weighted by atomic mass is 9.54. The molecule has 186 valence electrons. The van der Waals surface area contributed by atoms with Crippen LogP contribution in [0.25, 0.3) is 11.1 Å². The Labute approximate surface area is 211 Å². The Morgan fingerprint density at radius 2 is 1.86 bits per heavy atom. The standard InChI is InChI=1S/C26H24ClN3O6/c1-30(2)21-14-7-11-6-13-17(15(31)8-12(20(13)27)10-4-3-5-29-9-10)22(32)16(11)23(33)18(14)24(34)19(25(21)35)26(28)36/h3-5,8-9,11,14,16,18-19,21,31H,6-7H2,1-2H3,(H2,28,36). The fourth-order valence-electron chi connectivity index (χ4n) is 6.40. The molecule has 1 aromatic carbocycles. The maximum Gasteiger partial charge on any atom is 0.235 e. The van der Waals surface area contributed by atoms with E-state index in [1.165, 1.54) is 6.07 Å². The van der Waals surface area contributed by atoms with Gasteiger partial charge in [0.25, 0.3) is 0 Å². The number of aromatic hydroxyl groups is 1. The molecule has 6 unspecified atom stereocenters. The molecular weight excluding hydrogens is 486 g/mol. The first-order valence-electron chi connectivity index (χ1n) is 11.6. The highest BCUT2D eigenvalue weighted by Gasteiger charge is 2.61. The lowest BCUT2D eigenvalue weighted by molar-refractivity contribution is -0.157. The maximum absolute atomic E-state index is 13.7. The number of aromatic nitrogens is 1. The third kappa shape index (κ3) is 3.41. The molecule has 0 saturated heterocycles. The number of phenolic OH excluding ortho intramolecular Hbond substituents is 1. The largest absolute Gasteiger partial charge is 0.507 e. The molecule has 1 aromatic heterocycles. The minimum absolute atomic E-state index is 0.0318. The Morgan fingerprint density at radius 3 is 2.47 bits per heavy atom. The summed E-state index contributed by atoms with van der Waals surface area (Å²) in [7, 11) is 3.28. The second-order valence-corrected chi connectivity index (χ2v) is 10.4. The summed E-state index contributed by atoms with van der Waals surface area (Å²) in [6, 6.07) is 4.00. The highest BCUT2D eigenvalue weighted by atomic mass is 35.5. The van der Waals surface area contributed by atoms with Crippen molar-refractivity contribution >= 4 is 40.6 Å². The number of carbonyl (C=O) groups is 5. The van der Waals surface area contributed by atoms with Crippen LogP contribution in [0.15, 0.2) is 30.6 Å². The van der Waals surface area contributed by atoms with Crippen LogP contribution in [0.3, 0.4) is 0 Å². The van der Waals surface area contributed by atoms with Crippen molar-refractivity contribution in [3.63, 3.8) is 0 Å². The van der Waals surface area contributed by atoms with Crippen molar-refractivity contribution in [3.05, 3.63) is 46.7 Å². The first kappa shape index (κ1) is 24.3. The molecule has 3 aliphatic rings. The van der Waals surface area contributed by atoms with Crippen molar-refractivity contribution in [2.24, 2.45) is 35.3 Å². The van der Waals surface area contributed by atoms with Gasteiger partial charge >= 0.3 is 0 Å². The molecule has 0 spiro atoms. The van der Waals surface area contributed by atoms with Crippen molar-refractivity contribution < 1.29 is 29.1 Å². The van der Waals surface area contributed by atoms with Gasteiger partial charge in [-0.2, -0.15) is 0 Å². The molecule has 3 aliphatic carbocycles. The molecule has 2 aromatic rings. The zero-order valence-electron chi connectivity index (χ0n) is 19.6. The average molecular weight is 510 g/mol. The number of rotatable bonds is 3. The molecule has 2 saturated carbocycles. The summed E-state index contributed by atoms with van der Waals surface area (Å²) in [4.78, 5) is 71.3. The molecule has 3 N–H and O–H groups in total. The van der Waals surface area contributed by atoms with E-state index in [0.29, 0.717) is 16.7 Å². The fraction of sp³-hybridized carbons (Fsp3) is 0.385. The Morgan fingerprint density at radius 1 is 1.14 bits per heavy atom. The number of Topliss-reactive ketones (excluding diaryl/α,β-unsaturated/α-hetero) is 4. The van der Waals surface area contributed by atoms with E-state index < -0.39 is 64.7 Å². The third-order valence-corrected chi connectivity index (χ3v) is 8.24. The predicted molar refractivity (Wildman–Crippen MR) is 128 cm³/mol. The highest BCUT2D eigenvalue weighted by Crippen LogP contribution is 2.51. The smallest absolute Gasteiger partial charge is 0.235 e. The van der Waals surface area contributed by atoms with Gasteiger partial charge < -0.3 is 10.8 Å². The minimum Gasteiger partial charge on any atom is -0.507 e. The van der Waals surface area contributed by atoms with Gasteiger partial charge in [-0.05, 0) is 56.5 Å². The third-order valence-electron chi connectivity index (χ3n) is 7.81. The van der Waals surface area contributed by atoms with Crippen LogP contribution in [0.5, 0.6) is 5.75 Å². The van der Waals surface area contributed by atoms with Crippen LogP contribution < -0.4 is 5.73 Å². The molecule has 0 aliphatic heterocycles. The van der Waals surface area contributed by atoms with Gasteiger partial charge in [0.1, 0.15) is 5.75 Å². The number of pyridine rings is 1. The normalized spacial score (nSPS) is 29.6. The predicted octanol–water partition coefficient (Wildman–Crippen LogP) is 1.47. The second kappa shape index (κ2) is 8.60. The molecular formula is C26H24ClN3O6. The molecule has 0 radical (unpaired) electrons. The van der Waals surface area contributed by atoms with Crippen LogP contribution in [0.4, 0.5) is 0 Å². The Kier molecular flexibility index (Phi) is 5.80. The second-order valence-electron chi connectivity index (χ2n) is 9.99. The monoisotopic (exact) mass is 509 g/mol. The van der Waals surface area contributed by atoms with Gasteiger partial charge in [-0.25, -0.2) is 0 Å². The van der Waals surface area contributed by atoms with E-state index >= 15 is 0 Å². The summed E-state index contributed by atoms with van der Waals surface area (Å²) in [5.74, 6) is -9.54. The van der Waals surface area contributed by atoms with E-state index in [4.69, 9.17) is 17.3 Å². The van der Waals surface area contributed by atoms with E-state index in [0.717, 1.165) is 0 Å². The zero-order chi connectivity index (χ0) is 26.0. The molecule has 10 heteroatoms. The van der Waals surface area contributed by atoms with Gasteiger partial charge in [-0.3, -0.25) is 33.9 Å².